The lowest BCUT2D eigenvalue weighted by Crippen LogP contribution is -2.09. The van der Waals surface area contributed by atoms with Crippen molar-refractivity contribution in [3.63, 3.8) is 0 Å². The van der Waals surface area contributed by atoms with Crippen LogP contribution in [0, 0.1) is 11.3 Å². The van der Waals surface area contributed by atoms with Gasteiger partial charge >= 0.3 is 5.97 Å². The summed E-state index contributed by atoms with van der Waals surface area (Å²) in [7, 11) is 0. The van der Waals surface area contributed by atoms with Gasteiger partial charge in [0.05, 0.1) is 0 Å². The number of hydrogen-bond acceptors (Lipinski definition) is 4. The quantitative estimate of drug-likeness (QED) is 0.196. The van der Waals surface area contributed by atoms with Gasteiger partial charge in [-0.3, -0.25) is 0 Å². The van der Waals surface area contributed by atoms with Crippen LogP contribution in [0.2, 0.25) is 0 Å². The minimum Gasteiger partial charge on any atom is -0.434 e. The van der Waals surface area contributed by atoms with Gasteiger partial charge in [0, 0.05) is 6.61 Å². The monoisotopic (exact) mass is 155 g/mol. The van der Waals surface area contributed by atoms with Gasteiger partial charge in [-0.05, 0) is 6.92 Å². The molecule has 0 N–H and O–H groups in total. The maximum Gasteiger partial charge on any atom is 0.350 e. The topological polar surface area (TPSA) is 59.3 Å². The van der Waals surface area contributed by atoms with E-state index in [1.807, 2.05) is 0 Å². The van der Waals surface area contributed by atoms with Gasteiger partial charge in [0.2, 0.25) is 0 Å². The average Bonchev–Trinajstić information content (AvgIpc) is 2.03. The van der Waals surface area contributed by atoms with Crippen LogP contribution in [-0.4, -0.2) is 19.4 Å². The third-order valence-corrected chi connectivity index (χ3v) is 0.859. The predicted octanol–water partition coefficient (Wildman–Crippen LogP) is 0.603. The van der Waals surface area contributed by atoms with Crippen LogP contribution >= 0.6 is 0 Å². The molecule has 4 heteroatoms. The molecule has 0 rings (SSSR count). The van der Waals surface area contributed by atoms with E-state index in [-0.39, 0.29) is 12.4 Å². The lowest BCUT2D eigenvalue weighted by molar-refractivity contribution is -0.150. The first-order valence-electron chi connectivity index (χ1n) is 3.06. The molecule has 0 saturated heterocycles. The Bertz CT molecular complexity index is 192. The third kappa shape index (κ3) is 4.12. The van der Waals surface area contributed by atoms with Gasteiger partial charge in [-0.2, -0.15) is 5.26 Å². The number of rotatable bonds is 4. The highest BCUT2D eigenvalue weighted by Crippen LogP contribution is 1.91. The number of esters is 1. The molecule has 0 aromatic carbocycles. The predicted molar refractivity (Wildman–Crippen MR) is 37.3 cm³/mol. The summed E-state index contributed by atoms with van der Waals surface area (Å²) in [6.07, 6.45) is 0. The summed E-state index contributed by atoms with van der Waals surface area (Å²) < 4.78 is 9.16. The Morgan fingerprint density at radius 1 is 1.73 bits per heavy atom. The molecule has 0 atom stereocenters. The van der Waals surface area contributed by atoms with Crippen molar-refractivity contribution in [3.8, 4) is 6.07 Å². The summed E-state index contributed by atoms with van der Waals surface area (Å²) in [5, 5.41) is 8.17. The van der Waals surface area contributed by atoms with E-state index in [0.29, 0.717) is 6.61 Å². The van der Waals surface area contributed by atoms with Crippen molar-refractivity contribution in [2.45, 2.75) is 6.92 Å². The van der Waals surface area contributed by atoms with Crippen LogP contribution in [0.1, 0.15) is 6.92 Å². The molecule has 11 heavy (non-hydrogen) atoms. The second-order valence-corrected chi connectivity index (χ2v) is 1.63. The summed E-state index contributed by atoms with van der Waals surface area (Å²) in [5.74, 6) is -0.735. The number of carbonyl (C=O) groups excluding carboxylic acids is 1. The highest BCUT2D eigenvalue weighted by atomic mass is 16.7. The van der Waals surface area contributed by atoms with Crippen molar-refractivity contribution >= 4 is 5.97 Å². The van der Waals surface area contributed by atoms with Crippen molar-refractivity contribution < 1.29 is 14.3 Å². The Hall–Kier alpha value is -1.34. The van der Waals surface area contributed by atoms with E-state index < -0.39 is 5.97 Å². The van der Waals surface area contributed by atoms with Crippen LogP contribution in [0.25, 0.3) is 0 Å². The molecule has 0 saturated carbocycles. The maximum atomic E-state index is 10.6. The number of hydrogen-bond donors (Lipinski definition) is 0. The molecule has 4 nitrogen and oxygen atoms in total. The molecule has 0 aromatic rings. The van der Waals surface area contributed by atoms with Crippen LogP contribution in [0.15, 0.2) is 12.2 Å². The van der Waals surface area contributed by atoms with Gasteiger partial charge in [0.15, 0.2) is 6.79 Å². The molecule has 0 bridgehead atoms. The highest BCUT2D eigenvalue weighted by Gasteiger charge is 2.05. The van der Waals surface area contributed by atoms with Crippen LogP contribution in [0.3, 0.4) is 0 Å². The van der Waals surface area contributed by atoms with Crippen molar-refractivity contribution in [1.82, 2.24) is 0 Å². The van der Waals surface area contributed by atoms with E-state index in [4.69, 9.17) is 10.00 Å². The number of nitrogens with zero attached hydrogens (tertiary/aromatic N) is 1. The zero-order valence-electron chi connectivity index (χ0n) is 6.29. The summed E-state index contributed by atoms with van der Waals surface area (Å²) in [5.41, 5.74) is -0.218. The molecule has 0 spiro atoms. The van der Waals surface area contributed by atoms with Crippen molar-refractivity contribution in [1.29, 1.82) is 5.26 Å². The first-order chi connectivity index (χ1) is 5.22. The molecular formula is C7H9NO3. The molecule has 60 valence electrons. The summed E-state index contributed by atoms with van der Waals surface area (Å²) in [6, 6.07) is 1.57. The summed E-state index contributed by atoms with van der Waals surface area (Å²) >= 11 is 0. The molecular weight excluding hydrogens is 146 g/mol. The fraction of sp³-hybridized carbons (Fsp3) is 0.429. The van der Waals surface area contributed by atoms with Crippen LogP contribution in [0.5, 0.6) is 0 Å². The fourth-order valence-corrected chi connectivity index (χ4v) is 0.311. The van der Waals surface area contributed by atoms with Crippen molar-refractivity contribution in [2.75, 3.05) is 13.4 Å². The SMILES string of the molecule is C=C(C#N)C(=O)OCOCC. The molecule has 0 aliphatic heterocycles. The average molecular weight is 155 g/mol. The van der Waals surface area contributed by atoms with Gasteiger partial charge in [-0.25, -0.2) is 4.79 Å². The van der Waals surface area contributed by atoms with E-state index in [1.54, 1.807) is 13.0 Å². The largest absolute Gasteiger partial charge is 0.434 e. The Labute approximate surface area is 65.0 Å². The Kier molecular flexibility index (Phi) is 4.78. The smallest absolute Gasteiger partial charge is 0.350 e. The van der Waals surface area contributed by atoms with Gasteiger partial charge < -0.3 is 9.47 Å². The Balaban J connectivity index is 3.55. The van der Waals surface area contributed by atoms with Crippen LogP contribution < -0.4 is 0 Å². The van der Waals surface area contributed by atoms with E-state index in [0.717, 1.165) is 0 Å². The molecule has 0 heterocycles. The molecule has 0 aliphatic carbocycles. The summed E-state index contributed by atoms with van der Waals surface area (Å²) in [6.45, 7) is 5.27. The standard InChI is InChI=1S/C7H9NO3/c1-3-10-5-11-7(9)6(2)4-8/h2-3,5H2,1H3. The zero-order valence-corrected chi connectivity index (χ0v) is 6.29. The van der Waals surface area contributed by atoms with E-state index in [2.05, 4.69) is 11.3 Å². The Morgan fingerprint density at radius 3 is 2.82 bits per heavy atom. The van der Waals surface area contributed by atoms with Gasteiger partial charge in [0.1, 0.15) is 11.6 Å². The van der Waals surface area contributed by atoms with Crippen LogP contribution in [0.4, 0.5) is 0 Å². The second kappa shape index (κ2) is 5.45. The first kappa shape index (κ1) is 9.66. The minimum absolute atomic E-state index is 0.129. The lowest BCUT2D eigenvalue weighted by atomic mass is 10.3. The minimum atomic E-state index is -0.735. The van der Waals surface area contributed by atoms with E-state index in [9.17, 15) is 4.79 Å². The third-order valence-electron chi connectivity index (χ3n) is 0.859. The molecule has 0 aliphatic rings. The second-order valence-electron chi connectivity index (χ2n) is 1.63. The number of ether oxygens (including phenoxy) is 2. The van der Waals surface area contributed by atoms with Gasteiger partial charge in [-0.1, -0.05) is 6.58 Å². The first-order valence-corrected chi connectivity index (χ1v) is 3.06. The zero-order chi connectivity index (χ0) is 8.69. The van der Waals surface area contributed by atoms with Gasteiger partial charge in [0.25, 0.3) is 0 Å². The molecule has 0 radical (unpaired) electrons. The molecule has 0 fully saturated rings. The summed E-state index contributed by atoms with van der Waals surface area (Å²) in [4.78, 5) is 10.6. The van der Waals surface area contributed by atoms with Crippen molar-refractivity contribution in [3.05, 3.63) is 12.2 Å². The van der Waals surface area contributed by atoms with Crippen molar-refractivity contribution in [2.24, 2.45) is 0 Å². The van der Waals surface area contributed by atoms with Crippen LogP contribution in [-0.2, 0) is 14.3 Å². The van der Waals surface area contributed by atoms with Gasteiger partial charge in [-0.15, -0.1) is 0 Å². The highest BCUT2D eigenvalue weighted by molar-refractivity contribution is 5.91. The molecule has 0 amide bonds. The maximum absolute atomic E-state index is 10.6. The fourth-order valence-electron chi connectivity index (χ4n) is 0.311. The van der Waals surface area contributed by atoms with E-state index in [1.165, 1.54) is 0 Å². The number of nitriles is 1. The molecule has 0 unspecified atom stereocenters. The normalized spacial score (nSPS) is 8.36. The number of carbonyl (C=O) groups is 1. The van der Waals surface area contributed by atoms with E-state index >= 15 is 0 Å². The lowest BCUT2D eigenvalue weighted by Gasteiger charge is -2.01. The Morgan fingerprint density at radius 2 is 2.36 bits per heavy atom. The molecule has 0 aromatic heterocycles.